The monoisotopic (exact) mass is 331 g/mol. The molecule has 100 valence electrons. The SMILES string of the molecule is Cc1ccccc1[Se]c1cc(C(F)(F)F)ccc1N. The van der Waals surface area contributed by atoms with Crippen LogP contribution in [0, 0.1) is 6.92 Å². The van der Waals surface area contributed by atoms with Gasteiger partial charge < -0.3 is 0 Å². The number of benzene rings is 2. The number of halogens is 3. The number of hydrogen-bond acceptors (Lipinski definition) is 1. The van der Waals surface area contributed by atoms with E-state index in [1.807, 2.05) is 31.2 Å². The second-order valence-corrected chi connectivity index (χ2v) is 6.39. The summed E-state index contributed by atoms with van der Waals surface area (Å²) in [6, 6.07) is 11.2. The Labute approximate surface area is 115 Å². The van der Waals surface area contributed by atoms with Gasteiger partial charge in [0.2, 0.25) is 0 Å². The maximum atomic E-state index is 12.7. The van der Waals surface area contributed by atoms with Crippen LogP contribution in [0.2, 0.25) is 0 Å². The molecule has 2 aromatic carbocycles. The molecule has 0 radical (unpaired) electrons. The van der Waals surface area contributed by atoms with Crippen molar-refractivity contribution in [2.75, 3.05) is 5.73 Å². The van der Waals surface area contributed by atoms with E-state index >= 15 is 0 Å². The number of anilines is 1. The van der Waals surface area contributed by atoms with Gasteiger partial charge in [-0.2, -0.15) is 0 Å². The average Bonchev–Trinajstić information content (AvgIpc) is 2.33. The first-order valence-electron chi connectivity index (χ1n) is 5.58. The molecule has 5 heteroatoms. The van der Waals surface area contributed by atoms with E-state index in [1.54, 1.807) is 0 Å². The minimum atomic E-state index is -4.33. The van der Waals surface area contributed by atoms with Gasteiger partial charge in [-0.3, -0.25) is 0 Å². The predicted octanol–water partition coefficient (Wildman–Crippen LogP) is 2.25. The molecule has 0 spiro atoms. The first-order valence-corrected chi connectivity index (χ1v) is 7.29. The van der Waals surface area contributed by atoms with Crippen LogP contribution in [0.25, 0.3) is 0 Å². The molecule has 0 atom stereocenters. The summed E-state index contributed by atoms with van der Waals surface area (Å²) in [5.74, 6) is 0. The van der Waals surface area contributed by atoms with Crippen molar-refractivity contribution >= 4 is 29.6 Å². The molecule has 0 aliphatic heterocycles. The van der Waals surface area contributed by atoms with Crippen molar-refractivity contribution in [3.8, 4) is 0 Å². The fourth-order valence-corrected chi connectivity index (χ4v) is 3.65. The van der Waals surface area contributed by atoms with E-state index in [0.717, 1.165) is 22.2 Å². The Morgan fingerprint density at radius 1 is 1.00 bits per heavy atom. The molecule has 0 fully saturated rings. The molecule has 0 aliphatic carbocycles. The van der Waals surface area contributed by atoms with Crippen molar-refractivity contribution in [1.29, 1.82) is 0 Å². The molecule has 0 aromatic heterocycles. The summed E-state index contributed by atoms with van der Waals surface area (Å²) in [5, 5.41) is 0. The number of rotatable bonds is 2. The van der Waals surface area contributed by atoms with Crippen LogP contribution < -0.4 is 14.7 Å². The second-order valence-electron chi connectivity index (χ2n) is 4.12. The van der Waals surface area contributed by atoms with Crippen molar-refractivity contribution in [3.05, 3.63) is 53.6 Å². The van der Waals surface area contributed by atoms with E-state index in [4.69, 9.17) is 5.73 Å². The molecule has 0 saturated carbocycles. The van der Waals surface area contributed by atoms with Gasteiger partial charge in [-0.15, -0.1) is 0 Å². The van der Waals surface area contributed by atoms with Crippen LogP contribution in [0.15, 0.2) is 42.5 Å². The molecule has 0 unspecified atom stereocenters. The van der Waals surface area contributed by atoms with E-state index in [1.165, 1.54) is 6.07 Å². The van der Waals surface area contributed by atoms with Crippen molar-refractivity contribution < 1.29 is 13.2 Å². The third-order valence-corrected chi connectivity index (χ3v) is 5.28. The summed E-state index contributed by atoms with van der Waals surface area (Å²) in [4.78, 5) is 0. The van der Waals surface area contributed by atoms with Crippen molar-refractivity contribution in [2.45, 2.75) is 13.1 Å². The molecule has 0 amide bonds. The fourth-order valence-electron chi connectivity index (χ4n) is 1.59. The first kappa shape index (κ1) is 14.0. The Bertz CT molecular complexity index is 593. The molecule has 0 aliphatic rings. The van der Waals surface area contributed by atoms with Crippen LogP contribution in [0.3, 0.4) is 0 Å². The predicted molar refractivity (Wildman–Crippen MR) is 72.1 cm³/mol. The van der Waals surface area contributed by atoms with Gasteiger partial charge in [-0.05, 0) is 0 Å². The van der Waals surface area contributed by atoms with E-state index in [9.17, 15) is 13.2 Å². The summed E-state index contributed by atoms with van der Waals surface area (Å²) in [5.41, 5.74) is 6.61. The number of nitrogen functional groups attached to an aromatic ring is 1. The van der Waals surface area contributed by atoms with Gasteiger partial charge in [-0.1, -0.05) is 0 Å². The topological polar surface area (TPSA) is 26.0 Å². The minimum absolute atomic E-state index is 0.226. The molecule has 2 N–H and O–H groups in total. The molecule has 0 bridgehead atoms. The Morgan fingerprint density at radius 2 is 1.68 bits per heavy atom. The maximum absolute atomic E-state index is 12.7. The quantitative estimate of drug-likeness (QED) is 0.663. The Balaban J connectivity index is 2.38. The molecule has 19 heavy (non-hydrogen) atoms. The third-order valence-electron chi connectivity index (χ3n) is 2.65. The zero-order valence-electron chi connectivity index (χ0n) is 10.2. The van der Waals surface area contributed by atoms with Crippen molar-refractivity contribution in [2.24, 2.45) is 0 Å². The summed E-state index contributed by atoms with van der Waals surface area (Å²) in [6.07, 6.45) is -4.33. The molecule has 0 saturated heterocycles. The Hall–Kier alpha value is -1.45. The van der Waals surface area contributed by atoms with Crippen molar-refractivity contribution in [1.82, 2.24) is 0 Å². The van der Waals surface area contributed by atoms with Crippen LogP contribution in [0.1, 0.15) is 11.1 Å². The normalized spacial score (nSPS) is 11.6. The first-order chi connectivity index (χ1) is 8.88. The van der Waals surface area contributed by atoms with E-state index in [0.29, 0.717) is 10.1 Å². The van der Waals surface area contributed by atoms with E-state index in [-0.39, 0.29) is 15.0 Å². The fraction of sp³-hybridized carbons (Fsp3) is 0.143. The number of alkyl halides is 3. The van der Waals surface area contributed by atoms with Crippen LogP contribution >= 0.6 is 0 Å². The standard InChI is InChI=1S/C14H12F3NSe/c1-9-4-2-3-5-12(9)19-13-8-10(14(15,16)17)6-7-11(13)18/h2-8H,18H2,1H3. The van der Waals surface area contributed by atoms with E-state index in [2.05, 4.69) is 0 Å². The van der Waals surface area contributed by atoms with Gasteiger partial charge in [0.1, 0.15) is 0 Å². The van der Waals surface area contributed by atoms with Crippen LogP contribution in [0.5, 0.6) is 0 Å². The van der Waals surface area contributed by atoms with Gasteiger partial charge in [-0.25, -0.2) is 0 Å². The Morgan fingerprint density at radius 3 is 2.32 bits per heavy atom. The zero-order valence-corrected chi connectivity index (χ0v) is 11.9. The molecule has 0 heterocycles. The Kier molecular flexibility index (Phi) is 3.88. The van der Waals surface area contributed by atoms with Gasteiger partial charge in [0, 0.05) is 0 Å². The molecular formula is C14H12F3NSe. The van der Waals surface area contributed by atoms with Crippen LogP contribution in [0.4, 0.5) is 18.9 Å². The zero-order chi connectivity index (χ0) is 14.0. The summed E-state index contributed by atoms with van der Waals surface area (Å²) >= 11 is -0.226. The van der Waals surface area contributed by atoms with Gasteiger partial charge in [0.25, 0.3) is 0 Å². The van der Waals surface area contributed by atoms with Crippen LogP contribution in [-0.2, 0) is 6.18 Å². The van der Waals surface area contributed by atoms with E-state index < -0.39 is 11.7 Å². The summed E-state index contributed by atoms with van der Waals surface area (Å²) < 4.78 is 39.7. The molecule has 2 aromatic rings. The molecule has 2 rings (SSSR count). The third kappa shape index (κ3) is 3.31. The van der Waals surface area contributed by atoms with Crippen LogP contribution in [-0.4, -0.2) is 15.0 Å². The summed E-state index contributed by atoms with van der Waals surface area (Å²) in [7, 11) is 0. The molecule has 1 nitrogen and oxygen atoms in total. The van der Waals surface area contributed by atoms with Crippen molar-refractivity contribution in [3.63, 3.8) is 0 Å². The average molecular weight is 330 g/mol. The summed E-state index contributed by atoms with van der Waals surface area (Å²) in [6.45, 7) is 1.95. The number of hydrogen-bond donors (Lipinski definition) is 1. The van der Waals surface area contributed by atoms with Gasteiger partial charge >= 0.3 is 115 Å². The van der Waals surface area contributed by atoms with Gasteiger partial charge in [0.15, 0.2) is 0 Å². The molecular weight excluding hydrogens is 318 g/mol. The number of aryl methyl sites for hydroxylation is 1. The second kappa shape index (κ2) is 5.27. The van der Waals surface area contributed by atoms with Gasteiger partial charge in [0.05, 0.1) is 0 Å². The number of nitrogens with two attached hydrogens (primary N) is 1.